The van der Waals surface area contributed by atoms with Crippen molar-refractivity contribution in [2.24, 2.45) is 0 Å². The molecule has 0 aliphatic heterocycles. The first-order valence-corrected chi connectivity index (χ1v) is 7.27. The number of likely N-dealkylation sites (N-methyl/N-ethyl adjacent to an activating group) is 1. The predicted molar refractivity (Wildman–Crippen MR) is 93.1 cm³/mol. The number of methoxy groups -OCH3 is 2. The second-order valence-corrected chi connectivity index (χ2v) is 5.01. The highest BCUT2D eigenvalue weighted by atomic mass is 16.5. The first kappa shape index (κ1) is 17.1. The number of benzene rings is 2. The maximum Gasteiger partial charge on any atom is 0.250 e. The topological polar surface area (TPSA) is 62.6 Å². The van der Waals surface area contributed by atoms with Gasteiger partial charge in [0.25, 0.3) is 5.91 Å². The Bertz CT molecular complexity index is 806. The lowest BCUT2D eigenvalue weighted by molar-refractivity contribution is -0.113. The molecule has 0 heterocycles. The molecule has 0 spiro atoms. The Kier molecular flexibility index (Phi) is 5.58. The SMILES string of the molecule is COc1ccc(/C=C/C(=O)N(C)c2cccc(C#N)c2)cc1OC. The van der Waals surface area contributed by atoms with Crippen LogP contribution >= 0.6 is 0 Å². The number of carbonyl (C=O) groups excluding carboxylic acids is 1. The molecule has 0 aliphatic carbocycles. The molecule has 5 nitrogen and oxygen atoms in total. The van der Waals surface area contributed by atoms with Gasteiger partial charge in [-0.15, -0.1) is 0 Å². The molecular weight excluding hydrogens is 304 g/mol. The minimum Gasteiger partial charge on any atom is -0.493 e. The maximum atomic E-state index is 12.3. The van der Waals surface area contributed by atoms with Crippen molar-refractivity contribution in [3.63, 3.8) is 0 Å². The van der Waals surface area contributed by atoms with Gasteiger partial charge in [-0.25, -0.2) is 0 Å². The van der Waals surface area contributed by atoms with Crippen LogP contribution < -0.4 is 14.4 Å². The third kappa shape index (κ3) is 3.93. The van der Waals surface area contributed by atoms with Gasteiger partial charge < -0.3 is 14.4 Å². The van der Waals surface area contributed by atoms with E-state index in [1.54, 1.807) is 63.7 Å². The summed E-state index contributed by atoms with van der Waals surface area (Å²) in [6.07, 6.45) is 3.18. The van der Waals surface area contributed by atoms with E-state index in [-0.39, 0.29) is 5.91 Å². The first-order valence-electron chi connectivity index (χ1n) is 7.27. The average Bonchev–Trinajstić information content (AvgIpc) is 2.65. The number of carbonyl (C=O) groups is 1. The van der Waals surface area contributed by atoms with Crippen molar-refractivity contribution in [1.29, 1.82) is 5.26 Å². The van der Waals surface area contributed by atoms with E-state index >= 15 is 0 Å². The van der Waals surface area contributed by atoms with Gasteiger partial charge in [0.05, 0.1) is 25.9 Å². The summed E-state index contributed by atoms with van der Waals surface area (Å²) < 4.78 is 10.4. The second kappa shape index (κ2) is 7.84. The summed E-state index contributed by atoms with van der Waals surface area (Å²) in [7, 11) is 4.80. The van der Waals surface area contributed by atoms with Crippen molar-refractivity contribution in [2.75, 3.05) is 26.2 Å². The lowest BCUT2D eigenvalue weighted by Gasteiger charge is -2.15. The number of amides is 1. The van der Waals surface area contributed by atoms with E-state index in [2.05, 4.69) is 6.07 Å². The zero-order chi connectivity index (χ0) is 17.5. The van der Waals surface area contributed by atoms with Gasteiger partial charge in [-0.2, -0.15) is 5.26 Å². The largest absolute Gasteiger partial charge is 0.493 e. The van der Waals surface area contributed by atoms with Crippen LogP contribution in [0, 0.1) is 11.3 Å². The molecule has 0 saturated heterocycles. The van der Waals surface area contributed by atoms with Crippen LogP contribution in [0.5, 0.6) is 11.5 Å². The van der Waals surface area contributed by atoms with Gasteiger partial charge in [0, 0.05) is 18.8 Å². The Labute approximate surface area is 141 Å². The van der Waals surface area contributed by atoms with Crippen molar-refractivity contribution >= 4 is 17.7 Å². The van der Waals surface area contributed by atoms with Crippen molar-refractivity contribution in [3.05, 3.63) is 59.7 Å². The van der Waals surface area contributed by atoms with Crippen LogP contribution in [0.2, 0.25) is 0 Å². The van der Waals surface area contributed by atoms with Gasteiger partial charge in [0.15, 0.2) is 11.5 Å². The zero-order valence-electron chi connectivity index (χ0n) is 13.8. The second-order valence-electron chi connectivity index (χ2n) is 5.01. The van der Waals surface area contributed by atoms with Crippen molar-refractivity contribution in [2.45, 2.75) is 0 Å². The van der Waals surface area contributed by atoms with Gasteiger partial charge in [0.1, 0.15) is 0 Å². The van der Waals surface area contributed by atoms with E-state index in [0.29, 0.717) is 22.7 Å². The molecule has 0 radical (unpaired) electrons. The van der Waals surface area contributed by atoms with E-state index in [1.807, 2.05) is 6.07 Å². The molecule has 2 rings (SSSR count). The van der Waals surface area contributed by atoms with E-state index in [9.17, 15) is 4.79 Å². The summed E-state index contributed by atoms with van der Waals surface area (Å²) in [6.45, 7) is 0. The first-order chi connectivity index (χ1) is 11.6. The summed E-state index contributed by atoms with van der Waals surface area (Å²) in [4.78, 5) is 13.8. The zero-order valence-corrected chi connectivity index (χ0v) is 13.8. The van der Waals surface area contributed by atoms with E-state index in [4.69, 9.17) is 14.7 Å². The molecule has 0 unspecified atom stereocenters. The van der Waals surface area contributed by atoms with Crippen molar-refractivity contribution in [1.82, 2.24) is 0 Å². The molecule has 0 N–H and O–H groups in total. The number of hydrogen-bond acceptors (Lipinski definition) is 4. The average molecular weight is 322 g/mol. The number of nitrogens with zero attached hydrogens (tertiary/aromatic N) is 2. The Morgan fingerprint density at radius 3 is 2.54 bits per heavy atom. The van der Waals surface area contributed by atoms with Crippen LogP contribution in [0.25, 0.3) is 6.08 Å². The Hall–Kier alpha value is -3.26. The third-order valence-electron chi connectivity index (χ3n) is 3.52. The molecule has 0 atom stereocenters. The molecule has 24 heavy (non-hydrogen) atoms. The van der Waals surface area contributed by atoms with Gasteiger partial charge in [-0.3, -0.25) is 4.79 Å². The fourth-order valence-electron chi connectivity index (χ4n) is 2.15. The van der Waals surface area contributed by atoms with Crippen LogP contribution in [-0.4, -0.2) is 27.2 Å². The number of hydrogen-bond donors (Lipinski definition) is 0. The fourth-order valence-corrected chi connectivity index (χ4v) is 2.15. The number of rotatable bonds is 5. The highest BCUT2D eigenvalue weighted by molar-refractivity contribution is 6.03. The van der Waals surface area contributed by atoms with Crippen molar-refractivity contribution in [3.8, 4) is 17.6 Å². The smallest absolute Gasteiger partial charge is 0.250 e. The number of nitriles is 1. The highest BCUT2D eigenvalue weighted by Gasteiger charge is 2.09. The van der Waals surface area contributed by atoms with Crippen LogP contribution in [0.1, 0.15) is 11.1 Å². The minimum absolute atomic E-state index is 0.195. The van der Waals surface area contributed by atoms with Crippen molar-refractivity contribution < 1.29 is 14.3 Å². The third-order valence-corrected chi connectivity index (χ3v) is 3.52. The molecule has 0 aliphatic rings. The Morgan fingerprint density at radius 1 is 1.12 bits per heavy atom. The molecule has 2 aromatic carbocycles. The standard InChI is InChI=1S/C19H18N2O3/c1-21(16-6-4-5-15(11-16)13-20)19(22)10-8-14-7-9-17(23-2)18(12-14)24-3/h4-12H,1-3H3/b10-8+. The highest BCUT2D eigenvalue weighted by Crippen LogP contribution is 2.28. The maximum absolute atomic E-state index is 12.3. The van der Waals surface area contributed by atoms with E-state index in [0.717, 1.165) is 5.56 Å². The van der Waals surface area contributed by atoms with E-state index < -0.39 is 0 Å². The van der Waals surface area contributed by atoms with Gasteiger partial charge in [-0.1, -0.05) is 12.1 Å². The van der Waals surface area contributed by atoms with Crippen LogP contribution in [0.15, 0.2) is 48.5 Å². The number of ether oxygens (including phenoxy) is 2. The Balaban J connectivity index is 2.16. The van der Waals surface area contributed by atoms with Gasteiger partial charge in [-0.05, 0) is 42.0 Å². The fraction of sp³-hybridized carbons (Fsp3) is 0.158. The summed E-state index contributed by atoms with van der Waals surface area (Å²) in [6, 6.07) is 14.4. The lowest BCUT2D eigenvalue weighted by atomic mass is 10.1. The molecule has 1 amide bonds. The number of anilines is 1. The van der Waals surface area contributed by atoms with Gasteiger partial charge >= 0.3 is 0 Å². The molecule has 0 fully saturated rings. The lowest BCUT2D eigenvalue weighted by Crippen LogP contribution is -2.23. The van der Waals surface area contributed by atoms with Gasteiger partial charge in [0.2, 0.25) is 0 Å². The van der Waals surface area contributed by atoms with Crippen LogP contribution in [0.4, 0.5) is 5.69 Å². The normalized spacial score (nSPS) is 10.2. The Morgan fingerprint density at radius 2 is 1.88 bits per heavy atom. The molecule has 2 aromatic rings. The molecule has 122 valence electrons. The van der Waals surface area contributed by atoms with Crippen LogP contribution in [-0.2, 0) is 4.79 Å². The molecule has 0 aromatic heterocycles. The predicted octanol–water partition coefficient (Wildman–Crippen LogP) is 3.25. The summed E-state index contributed by atoms with van der Waals surface area (Å²) in [5.41, 5.74) is 1.99. The monoisotopic (exact) mass is 322 g/mol. The summed E-state index contributed by atoms with van der Waals surface area (Å²) >= 11 is 0. The molecular formula is C19H18N2O3. The molecule has 0 saturated carbocycles. The van der Waals surface area contributed by atoms with E-state index in [1.165, 1.54) is 11.0 Å². The quantitative estimate of drug-likeness (QED) is 0.793. The summed E-state index contributed by atoms with van der Waals surface area (Å²) in [5, 5.41) is 8.94. The minimum atomic E-state index is -0.195. The molecule has 5 heteroatoms. The van der Waals surface area contributed by atoms with Crippen LogP contribution in [0.3, 0.4) is 0 Å². The summed E-state index contributed by atoms with van der Waals surface area (Å²) in [5.74, 6) is 1.04. The molecule has 0 bridgehead atoms.